The summed E-state index contributed by atoms with van der Waals surface area (Å²) in [5.41, 5.74) is 2.46. The van der Waals surface area contributed by atoms with Crippen molar-refractivity contribution < 1.29 is 9.72 Å². The topological polar surface area (TPSA) is 101 Å². The lowest BCUT2D eigenvalue weighted by atomic mass is 10.1. The van der Waals surface area contributed by atoms with Crippen LogP contribution in [0.1, 0.15) is 11.1 Å². The molecule has 0 atom stereocenters. The average molecular weight is 491 g/mol. The Hall–Kier alpha value is -4.12. The molecule has 0 radical (unpaired) electrons. The van der Waals surface area contributed by atoms with E-state index < -0.39 is 10.8 Å². The molecule has 1 heterocycles. The summed E-state index contributed by atoms with van der Waals surface area (Å²) in [5, 5.41) is 24.7. The molecule has 168 valence electrons. The van der Waals surface area contributed by atoms with E-state index in [0.717, 1.165) is 16.5 Å². The number of para-hydroxylation sites is 1. The Morgan fingerprint density at radius 3 is 2.65 bits per heavy atom. The molecular formula is C25H16Cl2N4O3. The summed E-state index contributed by atoms with van der Waals surface area (Å²) in [5.74, 6) is -0.623. The Bertz CT molecular complexity index is 1500. The molecule has 7 nitrogen and oxygen atoms in total. The zero-order valence-corrected chi connectivity index (χ0v) is 19.0. The quantitative estimate of drug-likeness (QED) is 0.145. The number of aromatic nitrogens is 1. The molecule has 1 amide bonds. The predicted octanol–water partition coefficient (Wildman–Crippen LogP) is 6.45. The Morgan fingerprint density at radius 1 is 1.12 bits per heavy atom. The first-order chi connectivity index (χ1) is 16.4. The molecule has 0 aliphatic rings. The first-order valence-electron chi connectivity index (χ1n) is 10.1. The molecule has 34 heavy (non-hydrogen) atoms. The van der Waals surface area contributed by atoms with Gasteiger partial charge in [-0.15, -0.1) is 0 Å². The minimum Gasteiger partial charge on any atom is -0.342 e. The Balaban J connectivity index is 1.69. The van der Waals surface area contributed by atoms with Gasteiger partial charge < -0.3 is 9.88 Å². The molecule has 0 fully saturated rings. The zero-order valence-electron chi connectivity index (χ0n) is 17.5. The number of hydrogen-bond donors (Lipinski definition) is 1. The number of fused-ring (bicyclic) bond motifs is 1. The van der Waals surface area contributed by atoms with E-state index in [9.17, 15) is 20.2 Å². The summed E-state index contributed by atoms with van der Waals surface area (Å²) in [4.78, 5) is 23.5. The third-order valence-corrected chi connectivity index (χ3v) is 5.98. The van der Waals surface area contributed by atoms with Crippen molar-refractivity contribution in [1.29, 1.82) is 5.26 Å². The summed E-state index contributed by atoms with van der Waals surface area (Å²) in [6, 6.07) is 20.7. The van der Waals surface area contributed by atoms with Crippen molar-refractivity contribution in [3.8, 4) is 6.07 Å². The van der Waals surface area contributed by atoms with Crippen molar-refractivity contribution in [2.24, 2.45) is 0 Å². The molecule has 4 rings (SSSR count). The number of nitrogens with zero attached hydrogens (tertiary/aromatic N) is 3. The van der Waals surface area contributed by atoms with Crippen LogP contribution in [0.2, 0.25) is 10.0 Å². The minimum atomic E-state index is -0.623. The number of nitriles is 1. The van der Waals surface area contributed by atoms with E-state index in [1.807, 2.05) is 34.9 Å². The van der Waals surface area contributed by atoms with Crippen molar-refractivity contribution in [1.82, 2.24) is 4.57 Å². The summed E-state index contributed by atoms with van der Waals surface area (Å²) in [6.07, 6.45) is 3.31. The predicted molar refractivity (Wildman–Crippen MR) is 133 cm³/mol. The van der Waals surface area contributed by atoms with Crippen LogP contribution in [0.3, 0.4) is 0 Å². The standard InChI is InChI=1S/C25H16Cl2N4O3/c26-21-8-4-9-22(24(21)27)29-25(32)17(13-28)12-18-15-30(23-10-2-1-7-20(18)23)14-16-5-3-6-19(11-16)31(33)34/h1-12,15H,14H2,(H,29,32). The van der Waals surface area contributed by atoms with Crippen molar-refractivity contribution in [2.45, 2.75) is 6.54 Å². The van der Waals surface area contributed by atoms with Crippen LogP contribution in [-0.4, -0.2) is 15.4 Å². The second-order valence-electron chi connectivity index (χ2n) is 7.38. The number of amides is 1. The van der Waals surface area contributed by atoms with Crippen molar-refractivity contribution in [3.63, 3.8) is 0 Å². The van der Waals surface area contributed by atoms with E-state index in [-0.39, 0.29) is 21.3 Å². The van der Waals surface area contributed by atoms with E-state index in [1.165, 1.54) is 18.2 Å². The van der Waals surface area contributed by atoms with Gasteiger partial charge in [0.2, 0.25) is 0 Å². The number of carbonyl (C=O) groups is 1. The van der Waals surface area contributed by atoms with Gasteiger partial charge in [0, 0.05) is 41.3 Å². The van der Waals surface area contributed by atoms with Crippen LogP contribution in [0.25, 0.3) is 17.0 Å². The fourth-order valence-corrected chi connectivity index (χ4v) is 3.93. The van der Waals surface area contributed by atoms with Gasteiger partial charge in [-0.25, -0.2) is 0 Å². The molecule has 1 aromatic heterocycles. The number of nitro groups is 1. The highest BCUT2D eigenvalue weighted by Gasteiger charge is 2.15. The zero-order chi connectivity index (χ0) is 24.2. The van der Waals surface area contributed by atoms with Crippen LogP contribution >= 0.6 is 23.2 Å². The Kier molecular flexibility index (Phi) is 6.64. The summed E-state index contributed by atoms with van der Waals surface area (Å²) in [6.45, 7) is 0.377. The van der Waals surface area contributed by atoms with Gasteiger partial charge in [0.05, 0.1) is 20.7 Å². The average Bonchev–Trinajstić information content (AvgIpc) is 3.17. The van der Waals surface area contributed by atoms with Crippen LogP contribution in [0.15, 0.2) is 78.5 Å². The van der Waals surface area contributed by atoms with Gasteiger partial charge in [-0.05, 0) is 29.8 Å². The SMILES string of the molecule is N#CC(=Cc1cn(Cc2cccc([N+](=O)[O-])c2)c2ccccc12)C(=O)Nc1cccc(Cl)c1Cl. The number of nitro benzene ring substituents is 1. The lowest BCUT2D eigenvalue weighted by Gasteiger charge is -2.07. The van der Waals surface area contributed by atoms with Crippen LogP contribution in [0.5, 0.6) is 0 Å². The van der Waals surface area contributed by atoms with Gasteiger partial charge in [-0.3, -0.25) is 14.9 Å². The number of anilines is 1. The highest BCUT2D eigenvalue weighted by molar-refractivity contribution is 6.44. The highest BCUT2D eigenvalue weighted by atomic mass is 35.5. The molecule has 0 aliphatic heterocycles. The van der Waals surface area contributed by atoms with E-state index >= 15 is 0 Å². The molecule has 9 heteroatoms. The van der Waals surface area contributed by atoms with E-state index in [0.29, 0.717) is 17.8 Å². The molecule has 0 bridgehead atoms. The van der Waals surface area contributed by atoms with Crippen LogP contribution in [0.4, 0.5) is 11.4 Å². The van der Waals surface area contributed by atoms with Gasteiger partial charge in [-0.1, -0.05) is 59.6 Å². The second kappa shape index (κ2) is 9.79. The molecule has 4 aromatic rings. The number of nitrogens with one attached hydrogen (secondary N) is 1. The molecule has 1 N–H and O–H groups in total. The molecule has 0 unspecified atom stereocenters. The lowest BCUT2D eigenvalue weighted by Crippen LogP contribution is -2.13. The number of non-ortho nitro benzene ring substituents is 1. The van der Waals surface area contributed by atoms with Gasteiger partial charge in [0.25, 0.3) is 11.6 Å². The Morgan fingerprint density at radius 2 is 1.88 bits per heavy atom. The van der Waals surface area contributed by atoms with Crippen LogP contribution in [-0.2, 0) is 11.3 Å². The molecule has 3 aromatic carbocycles. The molecule has 0 spiro atoms. The number of halogens is 2. The van der Waals surface area contributed by atoms with E-state index in [4.69, 9.17) is 23.2 Å². The fourth-order valence-electron chi connectivity index (χ4n) is 3.58. The maximum absolute atomic E-state index is 12.8. The van der Waals surface area contributed by atoms with Crippen molar-refractivity contribution in [3.05, 3.63) is 110 Å². The third-order valence-electron chi connectivity index (χ3n) is 5.16. The summed E-state index contributed by atoms with van der Waals surface area (Å²) in [7, 11) is 0. The van der Waals surface area contributed by atoms with Gasteiger partial charge >= 0.3 is 0 Å². The smallest absolute Gasteiger partial charge is 0.269 e. The number of carbonyl (C=O) groups excluding carboxylic acids is 1. The minimum absolute atomic E-state index is 0.0113. The summed E-state index contributed by atoms with van der Waals surface area (Å²) < 4.78 is 1.92. The molecule has 0 saturated heterocycles. The van der Waals surface area contributed by atoms with Gasteiger partial charge in [-0.2, -0.15) is 5.26 Å². The summed E-state index contributed by atoms with van der Waals surface area (Å²) >= 11 is 12.1. The van der Waals surface area contributed by atoms with Gasteiger partial charge in [0.15, 0.2) is 0 Å². The fraction of sp³-hybridized carbons (Fsp3) is 0.0400. The first-order valence-corrected chi connectivity index (χ1v) is 10.8. The second-order valence-corrected chi connectivity index (χ2v) is 8.17. The molecule has 0 saturated carbocycles. The maximum Gasteiger partial charge on any atom is 0.269 e. The monoisotopic (exact) mass is 490 g/mol. The van der Waals surface area contributed by atoms with Crippen LogP contribution < -0.4 is 5.32 Å². The van der Waals surface area contributed by atoms with Crippen molar-refractivity contribution in [2.75, 3.05) is 5.32 Å². The largest absolute Gasteiger partial charge is 0.342 e. The molecule has 0 aliphatic carbocycles. The van der Waals surface area contributed by atoms with E-state index in [1.54, 1.807) is 36.5 Å². The number of benzene rings is 3. The van der Waals surface area contributed by atoms with E-state index in [2.05, 4.69) is 5.32 Å². The molecular weight excluding hydrogens is 475 g/mol. The first kappa shape index (κ1) is 23.1. The third kappa shape index (κ3) is 4.79. The normalized spacial score (nSPS) is 11.3. The Labute approximate surface area is 204 Å². The number of rotatable bonds is 6. The number of hydrogen-bond acceptors (Lipinski definition) is 4. The van der Waals surface area contributed by atoms with Crippen molar-refractivity contribution >= 4 is 57.5 Å². The maximum atomic E-state index is 12.8. The van der Waals surface area contributed by atoms with Crippen LogP contribution in [0, 0.1) is 21.4 Å². The highest BCUT2D eigenvalue weighted by Crippen LogP contribution is 2.30. The van der Waals surface area contributed by atoms with Gasteiger partial charge in [0.1, 0.15) is 11.6 Å². The lowest BCUT2D eigenvalue weighted by molar-refractivity contribution is -0.384.